The highest BCUT2D eigenvalue weighted by Gasteiger charge is 2.05. The summed E-state index contributed by atoms with van der Waals surface area (Å²) in [4.78, 5) is 15.1. The topological polar surface area (TPSA) is 23.6 Å². The van der Waals surface area contributed by atoms with Gasteiger partial charge in [-0.15, -0.1) is 0 Å². The van der Waals surface area contributed by atoms with Crippen LogP contribution < -0.4 is 0 Å². The molecular weight excluding hydrogens is 152 g/mol. The van der Waals surface area contributed by atoms with Crippen molar-refractivity contribution >= 4 is 5.91 Å². The van der Waals surface area contributed by atoms with Crippen molar-refractivity contribution in [3.63, 3.8) is 0 Å². The van der Waals surface area contributed by atoms with Gasteiger partial charge in [0.05, 0.1) is 0 Å². The van der Waals surface area contributed by atoms with E-state index < -0.39 is 0 Å². The van der Waals surface area contributed by atoms with Gasteiger partial charge in [0.15, 0.2) is 0 Å². The van der Waals surface area contributed by atoms with E-state index in [1.807, 2.05) is 0 Å². The van der Waals surface area contributed by atoms with Crippen LogP contribution in [0.15, 0.2) is 0 Å². The molecule has 1 amide bonds. The number of nitrogens with zero attached hydrogens (tertiary/aromatic N) is 2. The first-order valence-corrected chi connectivity index (χ1v) is 4.54. The highest BCUT2D eigenvalue weighted by atomic mass is 16.2. The van der Waals surface area contributed by atoms with Crippen LogP contribution in [-0.4, -0.2) is 49.4 Å². The Balaban J connectivity index is 3.59. The van der Waals surface area contributed by atoms with Crippen molar-refractivity contribution in [2.24, 2.45) is 0 Å². The summed E-state index contributed by atoms with van der Waals surface area (Å²) in [6.45, 7) is 7.16. The molecule has 0 fully saturated rings. The molecule has 0 bridgehead atoms. The van der Waals surface area contributed by atoms with E-state index in [2.05, 4.69) is 18.7 Å². The largest absolute Gasteiger partial charge is 0.349 e. The summed E-state index contributed by atoms with van der Waals surface area (Å²) in [6, 6.07) is 0. The Morgan fingerprint density at radius 2 is 1.67 bits per heavy atom. The van der Waals surface area contributed by atoms with Crippen molar-refractivity contribution in [1.29, 1.82) is 0 Å². The Kier molecular flexibility index (Phi) is 5.72. The molecule has 0 aromatic heterocycles. The van der Waals surface area contributed by atoms with Gasteiger partial charge in [-0.1, -0.05) is 13.8 Å². The summed E-state index contributed by atoms with van der Waals surface area (Å²) in [7, 11) is 3.59. The molecule has 0 unspecified atom stereocenters. The lowest BCUT2D eigenvalue weighted by atomic mass is 10.3. The van der Waals surface area contributed by atoms with Gasteiger partial charge < -0.3 is 9.80 Å². The minimum atomic E-state index is 0.210. The molecule has 0 saturated heterocycles. The minimum Gasteiger partial charge on any atom is -0.349 e. The van der Waals surface area contributed by atoms with Gasteiger partial charge in [-0.25, -0.2) is 0 Å². The van der Waals surface area contributed by atoms with Crippen LogP contribution in [0.3, 0.4) is 0 Å². The molecule has 0 N–H and O–H groups in total. The number of hydrogen-bond donors (Lipinski definition) is 0. The average Bonchev–Trinajstić information content (AvgIpc) is 2.05. The van der Waals surface area contributed by atoms with E-state index in [1.165, 1.54) is 0 Å². The van der Waals surface area contributed by atoms with Crippen molar-refractivity contribution in [3.8, 4) is 0 Å². The molecule has 0 atom stereocenters. The van der Waals surface area contributed by atoms with Gasteiger partial charge in [0.1, 0.15) is 0 Å². The molecule has 0 aliphatic carbocycles. The minimum absolute atomic E-state index is 0.210. The van der Waals surface area contributed by atoms with Gasteiger partial charge in [-0.2, -0.15) is 0 Å². The average molecular weight is 172 g/mol. The maximum atomic E-state index is 11.2. The number of amides is 1. The van der Waals surface area contributed by atoms with E-state index in [0.29, 0.717) is 6.42 Å². The second-order valence-corrected chi connectivity index (χ2v) is 3.07. The molecule has 0 aliphatic heterocycles. The van der Waals surface area contributed by atoms with Crippen LogP contribution >= 0.6 is 0 Å². The predicted molar refractivity (Wildman–Crippen MR) is 51.1 cm³/mol. The van der Waals surface area contributed by atoms with Gasteiger partial charge in [0, 0.05) is 27.1 Å². The summed E-state index contributed by atoms with van der Waals surface area (Å²) < 4.78 is 0. The molecule has 3 heteroatoms. The monoisotopic (exact) mass is 172 g/mol. The number of carbonyl (C=O) groups is 1. The van der Waals surface area contributed by atoms with E-state index in [4.69, 9.17) is 0 Å². The van der Waals surface area contributed by atoms with Gasteiger partial charge in [-0.3, -0.25) is 4.79 Å². The molecule has 0 rings (SSSR count). The Hall–Kier alpha value is -0.570. The smallest absolute Gasteiger partial charge is 0.223 e. The van der Waals surface area contributed by atoms with E-state index in [-0.39, 0.29) is 5.91 Å². The molecule has 0 aliphatic rings. The van der Waals surface area contributed by atoms with Crippen LogP contribution in [0.4, 0.5) is 0 Å². The molecule has 3 nitrogen and oxygen atoms in total. The quantitative estimate of drug-likeness (QED) is 0.612. The van der Waals surface area contributed by atoms with Gasteiger partial charge in [-0.05, 0) is 13.1 Å². The van der Waals surface area contributed by atoms with Crippen molar-refractivity contribution in [3.05, 3.63) is 0 Å². The van der Waals surface area contributed by atoms with Crippen molar-refractivity contribution in [2.45, 2.75) is 20.3 Å². The molecular formula is C9H20N2O. The Morgan fingerprint density at radius 1 is 1.17 bits per heavy atom. The van der Waals surface area contributed by atoms with Gasteiger partial charge in [0.25, 0.3) is 0 Å². The first-order valence-electron chi connectivity index (χ1n) is 4.54. The van der Waals surface area contributed by atoms with Gasteiger partial charge >= 0.3 is 0 Å². The third-order valence-corrected chi connectivity index (χ3v) is 2.04. The maximum absolute atomic E-state index is 11.2. The van der Waals surface area contributed by atoms with Crippen LogP contribution in [0.25, 0.3) is 0 Å². The fourth-order valence-corrected chi connectivity index (χ4v) is 1.02. The lowest BCUT2D eigenvalue weighted by Crippen LogP contribution is -2.30. The molecule has 0 radical (unpaired) electrons. The summed E-state index contributed by atoms with van der Waals surface area (Å²) in [5, 5.41) is 0. The molecule has 0 aromatic rings. The highest BCUT2D eigenvalue weighted by Crippen LogP contribution is 1.93. The predicted octanol–water partition coefficient (Wildman–Crippen LogP) is 0.806. The van der Waals surface area contributed by atoms with Gasteiger partial charge in [0.2, 0.25) is 5.91 Å². The standard InChI is InChI=1S/C9H20N2O/c1-5-11(6-2)8-7-9(12)10(3)4/h5-8H2,1-4H3. The van der Waals surface area contributed by atoms with Crippen molar-refractivity contribution in [1.82, 2.24) is 9.80 Å². The highest BCUT2D eigenvalue weighted by molar-refractivity contribution is 5.75. The fraction of sp³-hybridized carbons (Fsp3) is 0.889. The number of hydrogen-bond acceptors (Lipinski definition) is 2. The second-order valence-electron chi connectivity index (χ2n) is 3.07. The summed E-state index contributed by atoms with van der Waals surface area (Å²) >= 11 is 0. The third-order valence-electron chi connectivity index (χ3n) is 2.04. The SMILES string of the molecule is CCN(CC)CCC(=O)N(C)C. The fourth-order valence-electron chi connectivity index (χ4n) is 1.02. The van der Waals surface area contributed by atoms with E-state index in [0.717, 1.165) is 19.6 Å². The van der Waals surface area contributed by atoms with E-state index in [1.54, 1.807) is 19.0 Å². The summed E-state index contributed by atoms with van der Waals surface area (Å²) in [5.41, 5.74) is 0. The molecule has 12 heavy (non-hydrogen) atoms. The summed E-state index contributed by atoms with van der Waals surface area (Å²) in [5.74, 6) is 0.210. The molecule has 0 spiro atoms. The Bertz CT molecular complexity index is 130. The zero-order chi connectivity index (χ0) is 9.56. The van der Waals surface area contributed by atoms with Crippen molar-refractivity contribution < 1.29 is 4.79 Å². The zero-order valence-electron chi connectivity index (χ0n) is 8.63. The van der Waals surface area contributed by atoms with Crippen LogP contribution in [0.1, 0.15) is 20.3 Å². The first-order chi connectivity index (χ1) is 5.61. The van der Waals surface area contributed by atoms with Crippen LogP contribution in [0.5, 0.6) is 0 Å². The van der Waals surface area contributed by atoms with Crippen LogP contribution in [0, 0.1) is 0 Å². The lowest BCUT2D eigenvalue weighted by molar-refractivity contribution is -0.129. The molecule has 0 aromatic carbocycles. The number of rotatable bonds is 5. The zero-order valence-corrected chi connectivity index (χ0v) is 8.63. The van der Waals surface area contributed by atoms with Crippen LogP contribution in [0.2, 0.25) is 0 Å². The van der Waals surface area contributed by atoms with Crippen LogP contribution in [-0.2, 0) is 4.79 Å². The summed E-state index contributed by atoms with van der Waals surface area (Å²) in [6.07, 6.45) is 0.634. The number of carbonyl (C=O) groups excluding carboxylic acids is 1. The second kappa shape index (κ2) is 6.00. The van der Waals surface area contributed by atoms with E-state index >= 15 is 0 Å². The first kappa shape index (κ1) is 11.4. The lowest BCUT2D eigenvalue weighted by Gasteiger charge is -2.18. The molecule has 0 heterocycles. The van der Waals surface area contributed by atoms with E-state index in [9.17, 15) is 4.79 Å². The molecule has 0 saturated carbocycles. The normalized spacial score (nSPS) is 10.4. The maximum Gasteiger partial charge on any atom is 0.223 e. The molecule has 72 valence electrons. The Morgan fingerprint density at radius 3 is 2.00 bits per heavy atom. The Labute approximate surface area is 75.3 Å². The third kappa shape index (κ3) is 4.34. The van der Waals surface area contributed by atoms with Crippen molar-refractivity contribution in [2.75, 3.05) is 33.7 Å².